The third kappa shape index (κ3) is 2.74. The van der Waals surface area contributed by atoms with Crippen LogP contribution in [0, 0.1) is 0 Å². The van der Waals surface area contributed by atoms with E-state index in [1.165, 1.54) is 0 Å². The zero-order chi connectivity index (χ0) is 11.4. The predicted octanol–water partition coefficient (Wildman–Crippen LogP) is 1.28. The smallest absolute Gasteiger partial charge is 0.0628 e. The summed E-state index contributed by atoms with van der Waals surface area (Å²) in [5, 5.41) is 13.6. The van der Waals surface area contributed by atoms with E-state index in [2.05, 4.69) is 10.2 Å². The minimum atomic E-state index is 0.0966. The van der Waals surface area contributed by atoms with Crippen molar-refractivity contribution in [2.24, 2.45) is 0 Å². The summed E-state index contributed by atoms with van der Waals surface area (Å²) in [7, 11) is 0. The first-order chi connectivity index (χ1) is 7.81. The monoisotopic (exact) mass is 240 g/mol. The molecule has 16 heavy (non-hydrogen) atoms. The number of piperazine rings is 1. The summed E-state index contributed by atoms with van der Waals surface area (Å²) in [6, 6.07) is 7.83. The molecule has 1 aromatic rings. The maximum atomic E-state index is 9.51. The van der Waals surface area contributed by atoms with Crippen LogP contribution in [0.4, 0.5) is 0 Å². The molecule has 0 aromatic heterocycles. The van der Waals surface area contributed by atoms with E-state index in [9.17, 15) is 5.11 Å². The summed E-state index contributed by atoms with van der Waals surface area (Å²) in [6.07, 6.45) is 0. The van der Waals surface area contributed by atoms with Crippen LogP contribution < -0.4 is 5.32 Å². The Balaban J connectivity index is 2.11. The van der Waals surface area contributed by atoms with E-state index in [0.29, 0.717) is 0 Å². The number of hydrogen-bond acceptors (Lipinski definition) is 3. The van der Waals surface area contributed by atoms with Gasteiger partial charge in [-0.3, -0.25) is 4.90 Å². The SMILES string of the molecule is OC[C@@H](c1ccc(Cl)cc1)N1CCNCC1. The Hall–Kier alpha value is -0.610. The van der Waals surface area contributed by atoms with Crippen molar-refractivity contribution in [1.82, 2.24) is 10.2 Å². The highest BCUT2D eigenvalue weighted by Gasteiger charge is 2.20. The molecular formula is C12H17ClN2O. The van der Waals surface area contributed by atoms with Crippen molar-refractivity contribution >= 4 is 11.6 Å². The highest BCUT2D eigenvalue weighted by Crippen LogP contribution is 2.22. The standard InChI is InChI=1S/C12H17ClN2O/c13-11-3-1-10(2-4-11)12(9-16)15-7-5-14-6-8-15/h1-4,12,14,16H,5-9H2/t12-/m0/s1. The summed E-state index contributed by atoms with van der Waals surface area (Å²) in [5.41, 5.74) is 1.13. The van der Waals surface area contributed by atoms with Crippen LogP contribution in [-0.4, -0.2) is 42.8 Å². The van der Waals surface area contributed by atoms with Crippen molar-refractivity contribution in [2.75, 3.05) is 32.8 Å². The maximum absolute atomic E-state index is 9.51. The quantitative estimate of drug-likeness (QED) is 0.836. The van der Waals surface area contributed by atoms with Gasteiger partial charge in [0.1, 0.15) is 0 Å². The Morgan fingerprint density at radius 2 is 1.88 bits per heavy atom. The molecule has 0 saturated carbocycles. The van der Waals surface area contributed by atoms with Crippen molar-refractivity contribution in [1.29, 1.82) is 0 Å². The van der Waals surface area contributed by atoms with Crippen LogP contribution in [0.25, 0.3) is 0 Å². The summed E-state index contributed by atoms with van der Waals surface area (Å²) >= 11 is 5.86. The molecule has 1 atom stereocenters. The molecule has 2 rings (SSSR count). The first-order valence-corrected chi connectivity index (χ1v) is 6.00. The van der Waals surface area contributed by atoms with Crippen LogP contribution in [0.2, 0.25) is 5.02 Å². The molecule has 0 aliphatic carbocycles. The van der Waals surface area contributed by atoms with Gasteiger partial charge in [0.15, 0.2) is 0 Å². The van der Waals surface area contributed by atoms with E-state index in [1.54, 1.807) is 0 Å². The molecule has 4 heteroatoms. The topological polar surface area (TPSA) is 35.5 Å². The van der Waals surface area contributed by atoms with Crippen molar-refractivity contribution in [3.8, 4) is 0 Å². The number of aliphatic hydroxyl groups is 1. The molecule has 3 nitrogen and oxygen atoms in total. The number of benzene rings is 1. The Labute approximate surface area is 101 Å². The van der Waals surface area contributed by atoms with Crippen molar-refractivity contribution in [2.45, 2.75) is 6.04 Å². The Morgan fingerprint density at radius 1 is 1.25 bits per heavy atom. The van der Waals surface area contributed by atoms with E-state index in [1.807, 2.05) is 24.3 Å². The van der Waals surface area contributed by atoms with E-state index in [4.69, 9.17) is 11.6 Å². The number of halogens is 1. The van der Waals surface area contributed by atoms with Crippen LogP contribution >= 0.6 is 11.6 Å². The van der Waals surface area contributed by atoms with Crippen LogP contribution in [0.1, 0.15) is 11.6 Å². The van der Waals surface area contributed by atoms with Gasteiger partial charge >= 0.3 is 0 Å². The van der Waals surface area contributed by atoms with Gasteiger partial charge in [0.2, 0.25) is 0 Å². The van der Waals surface area contributed by atoms with Gasteiger partial charge < -0.3 is 10.4 Å². The second-order valence-corrected chi connectivity index (χ2v) is 4.47. The number of hydrogen-bond donors (Lipinski definition) is 2. The van der Waals surface area contributed by atoms with Gasteiger partial charge in [-0.25, -0.2) is 0 Å². The average Bonchev–Trinajstić information content (AvgIpc) is 2.34. The fourth-order valence-electron chi connectivity index (χ4n) is 2.11. The minimum Gasteiger partial charge on any atom is -0.394 e. The summed E-state index contributed by atoms with van der Waals surface area (Å²) in [5.74, 6) is 0. The Bertz CT molecular complexity index is 322. The highest BCUT2D eigenvalue weighted by molar-refractivity contribution is 6.30. The van der Waals surface area contributed by atoms with Crippen LogP contribution in [0.15, 0.2) is 24.3 Å². The Kier molecular flexibility index (Phi) is 4.18. The molecule has 0 bridgehead atoms. The lowest BCUT2D eigenvalue weighted by molar-refractivity contribution is 0.111. The van der Waals surface area contributed by atoms with E-state index >= 15 is 0 Å². The number of nitrogens with one attached hydrogen (secondary N) is 1. The number of nitrogens with zero attached hydrogens (tertiary/aromatic N) is 1. The third-order valence-electron chi connectivity index (χ3n) is 3.02. The molecule has 1 saturated heterocycles. The zero-order valence-corrected chi connectivity index (χ0v) is 9.95. The largest absolute Gasteiger partial charge is 0.394 e. The molecule has 2 N–H and O–H groups in total. The molecule has 0 unspecified atom stereocenters. The van der Waals surface area contributed by atoms with Gasteiger partial charge in [0.05, 0.1) is 12.6 Å². The molecule has 1 fully saturated rings. The molecule has 88 valence electrons. The summed E-state index contributed by atoms with van der Waals surface area (Å²) < 4.78 is 0. The maximum Gasteiger partial charge on any atom is 0.0628 e. The van der Waals surface area contributed by atoms with E-state index in [0.717, 1.165) is 36.8 Å². The van der Waals surface area contributed by atoms with Gasteiger partial charge in [-0.2, -0.15) is 0 Å². The fraction of sp³-hybridized carbons (Fsp3) is 0.500. The van der Waals surface area contributed by atoms with Crippen LogP contribution in [0.5, 0.6) is 0 Å². The molecule has 0 radical (unpaired) electrons. The van der Waals surface area contributed by atoms with Crippen LogP contribution in [-0.2, 0) is 0 Å². The van der Waals surface area contributed by atoms with Crippen molar-refractivity contribution in [3.05, 3.63) is 34.9 Å². The van der Waals surface area contributed by atoms with Gasteiger partial charge in [-0.15, -0.1) is 0 Å². The number of aliphatic hydroxyl groups excluding tert-OH is 1. The molecule has 0 spiro atoms. The first-order valence-electron chi connectivity index (χ1n) is 5.62. The van der Waals surface area contributed by atoms with Crippen molar-refractivity contribution < 1.29 is 5.11 Å². The zero-order valence-electron chi connectivity index (χ0n) is 9.19. The average molecular weight is 241 g/mol. The molecule has 1 heterocycles. The highest BCUT2D eigenvalue weighted by atomic mass is 35.5. The lowest BCUT2D eigenvalue weighted by Gasteiger charge is -2.34. The normalized spacial score (nSPS) is 19.6. The lowest BCUT2D eigenvalue weighted by atomic mass is 10.1. The van der Waals surface area contributed by atoms with Gasteiger partial charge in [-0.05, 0) is 17.7 Å². The molecular weight excluding hydrogens is 224 g/mol. The second kappa shape index (κ2) is 5.64. The predicted molar refractivity (Wildman–Crippen MR) is 65.7 cm³/mol. The molecule has 1 aromatic carbocycles. The van der Waals surface area contributed by atoms with Crippen LogP contribution in [0.3, 0.4) is 0 Å². The van der Waals surface area contributed by atoms with Gasteiger partial charge in [0, 0.05) is 31.2 Å². The van der Waals surface area contributed by atoms with Gasteiger partial charge in [-0.1, -0.05) is 23.7 Å². The second-order valence-electron chi connectivity index (χ2n) is 4.04. The molecule has 1 aliphatic heterocycles. The van der Waals surface area contributed by atoms with Crippen molar-refractivity contribution in [3.63, 3.8) is 0 Å². The minimum absolute atomic E-state index is 0.0966. The van der Waals surface area contributed by atoms with E-state index < -0.39 is 0 Å². The fourth-order valence-corrected chi connectivity index (χ4v) is 2.24. The third-order valence-corrected chi connectivity index (χ3v) is 3.27. The lowest BCUT2D eigenvalue weighted by Crippen LogP contribution is -2.46. The molecule has 0 amide bonds. The Morgan fingerprint density at radius 3 is 2.44 bits per heavy atom. The summed E-state index contributed by atoms with van der Waals surface area (Å²) in [6.45, 7) is 4.09. The van der Waals surface area contributed by atoms with E-state index in [-0.39, 0.29) is 12.6 Å². The molecule has 1 aliphatic rings. The first kappa shape index (κ1) is 11.9. The van der Waals surface area contributed by atoms with Gasteiger partial charge in [0.25, 0.3) is 0 Å². The number of rotatable bonds is 3. The summed E-state index contributed by atoms with van der Waals surface area (Å²) in [4.78, 5) is 2.31.